The fraction of sp³-hybridized carbons (Fsp3) is 0.500. The summed E-state index contributed by atoms with van der Waals surface area (Å²) in [5, 5.41) is 0. The zero-order valence-electron chi connectivity index (χ0n) is 11.5. The molecular weight excluding hydrogens is 246 g/mol. The Balaban J connectivity index is 2.26. The quantitative estimate of drug-likeness (QED) is 0.441. The number of nitrogen functional groups attached to an aromatic ring is 1. The van der Waals surface area contributed by atoms with Crippen molar-refractivity contribution in [2.45, 2.75) is 13.3 Å². The van der Waals surface area contributed by atoms with Crippen LogP contribution in [0.4, 0.5) is 5.69 Å². The van der Waals surface area contributed by atoms with Crippen LogP contribution in [0, 0.1) is 6.92 Å². The highest BCUT2D eigenvalue weighted by Crippen LogP contribution is 2.14. The molecular formula is C14H21NO4. The number of rotatable bonds is 8. The molecule has 5 nitrogen and oxygen atoms in total. The minimum atomic E-state index is -0.415. The summed E-state index contributed by atoms with van der Waals surface area (Å²) in [6.45, 7) is 3.76. The molecule has 1 aromatic carbocycles. The molecule has 0 aliphatic rings. The predicted octanol–water partition coefficient (Wildman–Crippen LogP) is 1.79. The summed E-state index contributed by atoms with van der Waals surface area (Å²) in [6, 6.07) is 5.27. The Kier molecular flexibility index (Phi) is 6.92. The van der Waals surface area contributed by atoms with Crippen molar-refractivity contribution < 1.29 is 19.0 Å². The first-order valence-corrected chi connectivity index (χ1v) is 6.25. The summed E-state index contributed by atoms with van der Waals surface area (Å²) < 4.78 is 15.3. The SMILES string of the molecule is COCCCOCCOC(=O)c1cc(C)ccc1N. The van der Waals surface area contributed by atoms with Gasteiger partial charge in [0, 0.05) is 26.0 Å². The second kappa shape index (κ2) is 8.50. The highest BCUT2D eigenvalue weighted by atomic mass is 16.6. The van der Waals surface area contributed by atoms with Crippen LogP contribution in [0.15, 0.2) is 18.2 Å². The molecule has 19 heavy (non-hydrogen) atoms. The molecule has 106 valence electrons. The molecule has 0 fully saturated rings. The summed E-state index contributed by atoms with van der Waals surface area (Å²) in [5.41, 5.74) is 7.53. The van der Waals surface area contributed by atoms with Crippen molar-refractivity contribution in [1.29, 1.82) is 0 Å². The van der Waals surface area contributed by atoms with Crippen LogP contribution in [0.2, 0.25) is 0 Å². The first kappa shape index (κ1) is 15.5. The highest BCUT2D eigenvalue weighted by molar-refractivity contribution is 5.95. The number of methoxy groups -OCH3 is 1. The number of carbonyl (C=O) groups excluding carboxylic acids is 1. The summed E-state index contributed by atoms with van der Waals surface area (Å²) in [7, 11) is 1.65. The molecule has 5 heteroatoms. The van der Waals surface area contributed by atoms with Crippen molar-refractivity contribution in [3.63, 3.8) is 0 Å². The van der Waals surface area contributed by atoms with E-state index in [1.165, 1.54) is 0 Å². The number of esters is 1. The first-order valence-electron chi connectivity index (χ1n) is 6.25. The van der Waals surface area contributed by atoms with Crippen LogP contribution in [0.25, 0.3) is 0 Å². The van der Waals surface area contributed by atoms with Gasteiger partial charge in [0.05, 0.1) is 12.2 Å². The molecule has 0 radical (unpaired) electrons. The Morgan fingerprint density at radius 1 is 1.21 bits per heavy atom. The minimum Gasteiger partial charge on any atom is -0.460 e. The molecule has 0 aliphatic heterocycles. The molecule has 0 saturated carbocycles. The van der Waals surface area contributed by atoms with Crippen LogP contribution in [-0.2, 0) is 14.2 Å². The van der Waals surface area contributed by atoms with Crippen LogP contribution >= 0.6 is 0 Å². The van der Waals surface area contributed by atoms with E-state index in [-0.39, 0.29) is 6.61 Å². The Labute approximate surface area is 113 Å². The van der Waals surface area contributed by atoms with E-state index in [1.54, 1.807) is 19.2 Å². The molecule has 0 saturated heterocycles. The topological polar surface area (TPSA) is 70.8 Å². The number of hydrogen-bond acceptors (Lipinski definition) is 5. The summed E-state index contributed by atoms with van der Waals surface area (Å²) in [4.78, 5) is 11.8. The maximum absolute atomic E-state index is 11.8. The van der Waals surface area contributed by atoms with Gasteiger partial charge in [-0.15, -0.1) is 0 Å². The van der Waals surface area contributed by atoms with Gasteiger partial charge >= 0.3 is 5.97 Å². The second-order valence-electron chi connectivity index (χ2n) is 4.19. The van der Waals surface area contributed by atoms with Gasteiger partial charge in [-0.3, -0.25) is 0 Å². The zero-order chi connectivity index (χ0) is 14.1. The third-order valence-corrected chi connectivity index (χ3v) is 2.53. The predicted molar refractivity (Wildman–Crippen MR) is 73.2 cm³/mol. The third-order valence-electron chi connectivity index (χ3n) is 2.53. The van der Waals surface area contributed by atoms with Gasteiger partial charge < -0.3 is 19.9 Å². The van der Waals surface area contributed by atoms with E-state index in [4.69, 9.17) is 19.9 Å². The molecule has 0 aromatic heterocycles. The fourth-order valence-electron chi connectivity index (χ4n) is 1.53. The maximum Gasteiger partial charge on any atom is 0.340 e. The van der Waals surface area contributed by atoms with Crippen molar-refractivity contribution in [3.05, 3.63) is 29.3 Å². The van der Waals surface area contributed by atoms with E-state index >= 15 is 0 Å². The standard InChI is InChI=1S/C14H21NO4/c1-11-4-5-13(15)12(10-11)14(16)19-9-8-18-7-3-6-17-2/h4-5,10H,3,6-9,15H2,1-2H3. The van der Waals surface area contributed by atoms with E-state index in [1.807, 2.05) is 13.0 Å². The number of aryl methyl sites for hydroxylation is 1. The lowest BCUT2D eigenvalue weighted by atomic mass is 10.1. The van der Waals surface area contributed by atoms with Crippen LogP contribution in [0.1, 0.15) is 22.3 Å². The number of anilines is 1. The summed E-state index contributed by atoms with van der Waals surface area (Å²) in [6.07, 6.45) is 0.829. The van der Waals surface area contributed by atoms with Gasteiger partial charge in [-0.2, -0.15) is 0 Å². The van der Waals surface area contributed by atoms with E-state index < -0.39 is 5.97 Å². The smallest absolute Gasteiger partial charge is 0.340 e. The molecule has 1 aromatic rings. The van der Waals surface area contributed by atoms with Crippen LogP contribution in [-0.4, -0.2) is 39.5 Å². The average Bonchev–Trinajstić information content (AvgIpc) is 2.40. The second-order valence-corrected chi connectivity index (χ2v) is 4.19. The minimum absolute atomic E-state index is 0.221. The van der Waals surface area contributed by atoms with Gasteiger partial charge in [0.15, 0.2) is 0 Å². The number of ether oxygens (including phenoxy) is 3. The van der Waals surface area contributed by atoms with Gasteiger partial charge in [-0.05, 0) is 25.5 Å². The Morgan fingerprint density at radius 2 is 2.00 bits per heavy atom. The van der Waals surface area contributed by atoms with Crippen LogP contribution in [0.5, 0.6) is 0 Å². The van der Waals surface area contributed by atoms with E-state index in [0.29, 0.717) is 31.1 Å². The molecule has 0 spiro atoms. The molecule has 0 amide bonds. The molecule has 0 aliphatic carbocycles. The number of carbonyl (C=O) groups is 1. The average molecular weight is 267 g/mol. The maximum atomic E-state index is 11.8. The number of nitrogens with two attached hydrogens (primary N) is 1. The van der Waals surface area contributed by atoms with Gasteiger partial charge in [0.1, 0.15) is 6.61 Å². The molecule has 0 bridgehead atoms. The molecule has 0 heterocycles. The van der Waals surface area contributed by atoms with Crippen LogP contribution in [0.3, 0.4) is 0 Å². The Hall–Kier alpha value is -1.59. The van der Waals surface area contributed by atoms with Gasteiger partial charge in [-0.1, -0.05) is 11.6 Å². The molecule has 0 atom stereocenters. The zero-order valence-corrected chi connectivity index (χ0v) is 11.5. The monoisotopic (exact) mass is 267 g/mol. The molecule has 0 unspecified atom stereocenters. The Bertz CT molecular complexity index is 406. The van der Waals surface area contributed by atoms with Crippen molar-refractivity contribution in [2.24, 2.45) is 0 Å². The molecule has 1 rings (SSSR count). The van der Waals surface area contributed by atoms with E-state index in [9.17, 15) is 4.79 Å². The summed E-state index contributed by atoms with van der Waals surface area (Å²) in [5.74, 6) is -0.415. The van der Waals surface area contributed by atoms with Crippen molar-refractivity contribution in [1.82, 2.24) is 0 Å². The van der Waals surface area contributed by atoms with Crippen molar-refractivity contribution in [2.75, 3.05) is 39.3 Å². The summed E-state index contributed by atoms with van der Waals surface area (Å²) >= 11 is 0. The van der Waals surface area contributed by atoms with Crippen molar-refractivity contribution in [3.8, 4) is 0 Å². The normalized spacial score (nSPS) is 10.4. The lowest BCUT2D eigenvalue weighted by molar-refractivity contribution is 0.0289. The first-order chi connectivity index (χ1) is 9.15. The number of hydrogen-bond donors (Lipinski definition) is 1. The third kappa shape index (κ3) is 5.72. The lowest BCUT2D eigenvalue weighted by Crippen LogP contribution is -2.13. The Morgan fingerprint density at radius 3 is 2.74 bits per heavy atom. The lowest BCUT2D eigenvalue weighted by Gasteiger charge is -2.08. The van der Waals surface area contributed by atoms with E-state index in [2.05, 4.69) is 0 Å². The molecule has 2 N–H and O–H groups in total. The van der Waals surface area contributed by atoms with Crippen LogP contribution < -0.4 is 5.73 Å². The van der Waals surface area contributed by atoms with Gasteiger partial charge in [0.2, 0.25) is 0 Å². The number of benzene rings is 1. The van der Waals surface area contributed by atoms with E-state index in [0.717, 1.165) is 12.0 Å². The van der Waals surface area contributed by atoms with Crippen molar-refractivity contribution >= 4 is 11.7 Å². The largest absolute Gasteiger partial charge is 0.460 e. The van der Waals surface area contributed by atoms with Gasteiger partial charge in [-0.25, -0.2) is 4.79 Å². The van der Waals surface area contributed by atoms with Gasteiger partial charge in [0.25, 0.3) is 0 Å². The fourth-order valence-corrected chi connectivity index (χ4v) is 1.53. The highest BCUT2D eigenvalue weighted by Gasteiger charge is 2.10.